The first kappa shape index (κ1) is 35.8. The maximum atomic E-state index is 10.1. The number of aliphatic hydroxyl groups excluding tert-OH is 2. The third kappa shape index (κ3) is 30.1. The molecule has 0 amide bonds. The molecule has 0 aromatic heterocycles. The van der Waals surface area contributed by atoms with Crippen LogP contribution in [0.2, 0.25) is 0 Å². The molecule has 0 saturated heterocycles. The molecule has 218 valence electrons. The standard InChI is InChI=1S/C32H68N2O2/c1-3-5-7-9-11-13-15-17-21-25-31(35)29-33-27-23-19-20-24-28-34-30-32(36)26-22-18-16-14-12-10-8-6-4-2/h31-36H,3-30H2,1-2H3. The molecule has 2 atom stereocenters. The maximum absolute atomic E-state index is 10.1. The zero-order chi connectivity index (χ0) is 26.4. The highest BCUT2D eigenvalue weighted by molar-refractivity contribution is 4.62. The van der Waals surface area contributed by atoms with Gasteiger partial charge in [0, 0.05) is 13.1 Å². The predicted octanol–water partition coefficient (Wildman–Crippen LogP) is 8.29. The fourth-order valence-corrected chi connectivity index (χ4v) is 4.98. The average molecular weight is 513 g/mol. The molecular formula is C32H68N2O2. The Morgan fingerprint density at radius 2 is 0.667 bits per heavy atom. The fraction of sp³-hybridized carbons (Fsp3) is 1.00. The SMILES string of the molecule is CCCCCCCCCCCC(O)CNCCCCCCNCC(O)CCCCCCCCCCC. The Bertz CT molecular complexity index is 358. The summed E-state index contributed by atoms with van der Waals surface area (Å²) in [6, 6.07) is 0. The van der Waals surface area contributed by atoms with Gasteiger partial charge >= 0.3 is 0 Å². The van der Waals surface area contributed by atoms with Crippen LogP contribution in [0.5, 0.6) is 0 Å². The van der Waals surface area contributed by atoms with Gasteiger partial charge in [-0.2, -0.15) is 0 Å². The molecule has 0 bridgehead atoms. The van der Waals surface area contributed by atoms with Gasteiger partial charge < -0.3 is 20.8 Å². The molecule has 0 saturated carbocycles. The van der Waals surface area contributed by atoms with Crippen LogP contribution in [0.1, 0.15) is 168 Å². The number of nitrogens with one attached hydrogen (secondary N) is 2. The molecule has 0 radical (unpaired) electrons. The Morgan fingerprint density at radius 1 is 0.389 bits per heavy atom. The Hall–Kier alpha value is -0.160. The number of hydrogen-bond donors (Lipinski definition) is 4. The van der Waals surface area contributed by atoms with Gasteiger partial charge in [0.15, 0.2) is 0 Å². The van der Waals surface area contributed by atoms with Crippen molar-refractivity contribution in [1.29, 1.82) is 0 Å². The largest absolute Gasteiger partial charge is 0.392 e. The van der Waals surface area contributed by atoms with Gasteiger partial charge in [-0.15, -0.1) is 0 Å². The second kappa shape index (κ2) is 31.1. The second-order valence-corrected chi connectivity index (χ2v) is 11.4. The van der Waals surface area contributed by atoms with E-state index < -0.39 is 0 Å². The van der Waals surface area contributed by atoms with Crippen molar-refractivity contribution in [3.05, 3.63) is 0 Å². The Morgan fingerprint density at radius 3 is 1.00 bits per heavy atom. The van der Waals surface area contributed by atoms with E-state index in [0.717, 1.165) is 39.0 Å². The minimum atomic E-state index is -0.180. The molecule has 4 nitrogen and oxygen atoms in total. The van der Waals surface area contributed by atoms with E-state index in [9.17, 15) is 10.2 Å². The normalized spacial score (nSPS) is 13.3. The van der Waals surface area contributed by atoms with Crippen LogP contribution in [0.25, 0.3) is 0 Å². The lowest BCUT2D eigenvalue weighted by atomic mass is 10.1. The van der Waals surface area contributed by atoms with Crippen LogP contribution < -0.4 is 10.6 Å². The smallest absolute Gasteiger partial charge is 0.0664 e. The van der Waals surface area contributed by atoms with Crippen molar-refractivity contribution in [2.45, 2.75) is 180 Å². The lowest BCUT2D eigenvalue weighted by molar-refractivity contribution is 0.157. The molecule has 0 spiro atoms. The van der Waals surface area contributed by atoms with Gasteiger partial charge in [-0.3, -0.25) is 0 Å². The Labute approximate surface area is 227 Å². The van der Waals surface area contributed by atoms with Crippen molar-refractivity contribution in [2.24, 2.45) is 0 Å². The minimum Gasteiger partial charge on any atom is -0.392 e. The first-order chi connectivity index (χ1) is 17.7. The third-order valence-corrected chi connectivity index (χ3v) is 7.50. The van der Waals surface area contributed by atoms with Gasteiger partial charge in [0.2, 0.25) is 0 Å². The van der Waals surface area contributed by atoms with Gasteiger partial charge in [0.25, 0.3) is 0 Å². The summed E-state index contributed by atoms with van der Waals surface area (Å²) in [6.07, 6.45) is 30.5. The molecule has 0 aromatic carbocycles. The first-order valence-electron chi connectivity index (χ1n) is 16.5. The van der Waals surface area contributed by atoms with Crippen molar-refractivity contribution in [3.8, 4) is 0 Å². The maximum Gasteiger partial charge on any atom is 0.0664 e. The highest BCUT2D eigenvalue weighted by Gasteiger charge is 2.04. The van der Waals surface area contributed by atoms with E-state index in [2.05, 4.69) is 24.5 Å². The van der Waals surface area contributed by atoms with Gasteiger partial charge in [-0.1, -0.05) is 142 Å². The summed E-state index contributed by atoms with van der Waals surface area (Å²) in [5.74, 6) is 0. The minimum absolute atomic E-state index is 0.180. The molecule has 0 aliphatic carbocycles. The molecule has 0 heterocycles. The van der Waals surface area contributed by atoms with Crippen molar-refractivity contribution in [1.82, 2.24) is 10.6 Å². The van der Waals surface area contributed by atoms with Crippen LogP contribution in [0.4, 0.5) is 0 Å². The number of hydrogen-bond acceptors (Lipinski definition) is 4. The summed E-state index contributed by atoms with van der Waals surface area (Å²) in [7, 11) is 0. The molecular weight excluding hydrogens is 444 g/mol. The molecule has 0 aliphatic rings. The second-order valence-electron chi connectivity index (χ2n) is 11.4. The third-order valence-electron chi connectivity index (χ3n) is 7.50. The predicted molar refractivity (Wildman–Crippen MR) is 160 cm³/mol. The van der Waals surface area contributed by atoms with Gasteiger partial charge in [-0.25, -0.2) is 0 Å². The summed E-state index contributed by atoms with van der Waals surface area (Å²) in [4.78, 5) is 0. The van der Waals surface area contributed by atoms with Gasteiger partial charge in [-0.05, 0) is 38.8 Å². The lowest BCUT2D eigenvalue weighted by Gasteiger charge is -2.12. The molecule has 36 heavy (non-hydrogen) atoms. The Kier molecular flexibility index (Phi) is 30.9. The van der Waals surface area contributed by atoms with Crippen LogP contribution in [-0.2, 0) is 0 Å². The van der Waals surface area contributed by atoms with Crippen LogP contribution in [0, 0.1) is 0 Å². The molecule has 4 heteroatoms. The first-order valence-corrected chi connectivity index (χ1v) is 16.5. The zero-order valence-electron chi connectivity index (χ0n) is 24.8. The van der Waals surface area contributed by atoms with Crippen LogP contribution in [0.3, 0.4) is 0 Å². The summed E-state index contributed by atoms with van der Waals surface area (Å²) < 4.78 is 0. The number of rotatable bonds is 31. The highest BCUT2D eigenvalue weighted by Crippen LogP contribution is 2.12. The van der Waals surface area contributed by atoms with Gasteiger partial charge in [0.05, 0.1) is 12.2 Å². The average Bonchev–Trinajstić information content (AvgIpc) is 2.87. The van der Waals surface area contributed by atoms with E-state index in [0.29, 0.717) is 0 Å². The molecule has 0 fully saturated rings. The number of aliphatic hydroxyl groups is 2. The quantitative estimate of drug-likeness (QED) is 0.0705. The summed E-state index contributed by atoms with van der Waals surface area (Å²) >= 11 is 0. The van der Waals surface area contributed by atoms with Crippen molar-refractivity contribution in [3.63, 3.8) is 0 Å². The van der Waals surface area contributed by atoms with E-state index in [-0.39, 0.29) is 12.2 Å². The summed E-state index contributed by atoms with van der Waals surface area (Å²) in [6.45, 7) is 8.06. The van der Waals surface area contributed by atoms with E-state index >= 15 is 0 Å². The van der Waals surface area contributed by atoms with Crippen molar-refractivity contribution >= 4 is 0 Å². The number of unbranched alkanes of at least 4 members (excludes halogenated alkanes) is 19. The van der Waals surface area contributed by atoms with E-state index in [1.165, 1.54) is 141 Å². The summed E-state index contributed by atoms with van der Waals surface area (Å²) in [5, 5.41) is 27.1. The molecule has 4 N–H and O–H groups in total. The molecule has 0 aromatic rings. The van der Waals surface area contributed by atoms with Crippen LogP contribution in [0.15, 0.2) is 0 Å². The zero-order valence-corrected chi connectivity index (χ0v) is 24.8. The topological polar surface area (TPSA) is 64.5 Å². The summed E-state index contributed by atoms with van der Waals surface area (Å²) in [5.41, 5.74) is 0. The monoisotopic (exact) mass is 513 g/mol. The van der Waals surface area contributed by atoms with E-state index in [1.54, 1.807) is 0 Å². The molecule has 0 aliphatic heterocycles. The van der Waals surface area contributed by atoms with E-state index in [4.69, 9.17) is 0 Å². The Balaban J connectivity index is 3.22. The van der Waals surface area contributed by atoms with Crippen LogP contribution >= 0.6 is 0 Å². The van der Waals surface area contributed by atoms with Gasteiger partial charge in [0.1, 0.15) is 0 Å². The van der Waals surface area contributed by atoms with Crippen molar-refractivity contribution in [2.75, 3.05) is 26.2 Å². The molecule has 0 rings (SSSR count). The van der Waals surface area contributed by atoms with Crippen LogP contribution in [-0.4, -0.2) is 48.6 Å². The molecule has 2 unspecified atom stereocenters. The van der Waals surface area contributed by atoms with E-state index in [1.807, 2.05) is 0 Å². The fourth-order valence-electron chi connectivity index (χ4n) is 4.98. The lowest BCUT2D eigenvalue weighted by Crippen LogP contribution is -2.28. The van der Waals surface area contributed by atoms with Crippen molar-refractivity contribution < 1.29 is 10.2 Å². The highest BCUT2D eigenvalue weighted by atomic mass is 16.3.